The number of nitro groups is 1. The predicted molar refractivity (Wildman–Crippen MR) is 115 cm³/mol. The highest BCUT2D eigenvalue weighted by atomic mass is 16.6. The van der Waals surface area contributed by atoms with Gasteiger partial charge in [0.25, 0.3) is 5.69 Å². The molecule has 31 heavy (non-hydrogen) atoms. The average Bonchev–Trinajstić information content (AvgIpc) is 3.12. The molecule has 1 aliphatic rings. The zero-order chi connectivity index (χ0) is 22.0. The van der Waals surface area contributed by atoms with E-state index in [9.17, 15) is 25.1 Å². The molecule has 7 heteroatoms. The van der Waals surface area contributed by atoms with Crippen LogP contribution >= 0.6 is 0 Å². The lowest BCUT2D eigenvalue weighted by Gasteiger charge is -2.22. The second-order valence-corrected chi connectivity index (χ2v) is 7.55. The molecule has 3 N–H and O–H groups in total. The number of hydrogen-bond donors (Lipinski definition) is 3. The number of rotatable bonds is 7. The number of nitrogens with one attached hydrogen (secondary N) is 1. The first kappa shape index (κ1) is 20.7. The number of nitrogens with zero attached hydrogens (tertiary/aromatic N) is 1. The molecule has 0 unspecified atom stereocenters. The van der Waals surface area contributed by atoms with Crippen molar-refractivity contribution in [1.82, 2.24) is 5.32 Å². The van der Waals surface area contributed by atoms with E-state index in [1.165, 1.54) is 24.3 Å². The van der Waals surface area contributed by atoms with Crippen molar-refractivity contribution >= 4 is 11.6 Å². The number of fused-ring (bicyclic) bond motifs is 3. The van der Waals surface area contributed by atoms with Crippen molar-refractivity contribution in [2.75, 3.05) is 13.2 Å². The topological polar surface area (TPSA) is 113 Å². The van der Waals surface area contributed by atoms with Crippen LogP contribution in [0.3, 0.4) is 0 Å². The summed E-state index contributed by atoms with van der Waals surface area (Å²) in [6, 6.07) is 21.4. The third-order valence-electron chi connectivity index (χ3n) is 5.80. The summed E-state index contributed by atoms with van der Waals surface area (Å²) in [6.45, 7) is -0.224. The van der Waals surface area contributed by atoms with Gasteiger partial charge >= 0.3 is 0 Å². The average molecular weight is 418 g/mol. The minimum Gasteiger partial charge on any atom is -0.395 e. The molecule has 0 fully saturated rings. The largest absolute Gasteiger partial charge is 0.395 e. The molecule has 0 aromatic heterocycles. The molecule has 4 rings (SSSR count). The molecule has 158 valence electrons. The van der Waals surface area contributed by atoms with Crippen LogP contribution in [0.4, 0.5) is 5.69 Å². The van der Waals surface area contributed by atoms with Crippen molar-refractivity contribution in [2.45, 2.75) is 12.0 Å². The third kappa shape index (κ3) is 3.93. The molecule has 0 radical (unpaired) electrons. The summed E-state index contributed by atoms with van der Waals surface area (Å²) >= 11 is 0. The van der Waals surface area contributed by atoms with Gasteiger partial charge in [-0.2, -0.15) is 0 Å². The second-order valence-electron chi connectivity index (χ2n) is 7.55. The molecule has 0 heterocycles. The molecular formula is C24H22N2O5. The van der Waals surface area contributed by atoms with Crippen molar-refractivity contribution in [1.29, 1.82) is 0 Å². The molecule has 3 aromatic carbocycles. The minimum atomic E-state index is -1.28. The fourth-order valence-electron chi connectivity index (χ4n) is 4.17. The van der Waals surface area contributed by atoms with Gasteiger partial charge in [-0.25, -0.2) is 0 Å². The second kappa shape index (κ2) is 8.67. The van der Waals surface area contributed by atoms with E-state index >= 15 is 0 Å². The van der Waals surface area contributed by atoms with Gasteiger partial charge < -0.3 is 15.5 Å². The van der Waals surface area contributed by atoms with E-state index in [0.717, 1.165) is 22.3 Å². The van der Waals surface area contributed by atoms with Crippen LogP contribution in [-0.4, -0.2) is 34.2 Å². The number of carbonyl (C=O) groups is 1. The number of amides is 1. The Kier molecular flexibility index (Phi) is 5.79. The van der Waals surface area contributed by atoms with Gasteiger partial charge in [0.2, 0.25) is 5.91 Å². The Morgan fingerprint density at radius 3 is 2.03 bits per heavy atom. The SMILES string of the molecule is O=C(NCC1c2ccccc2-c2ccccc21)[C@H](CO)[C@@H](O)c1ccc([N+](=O)[O-])cc1. The third-order valence-corrected chi connectivity index (χ3v) is 5.80. The molecular weight excluding hydrogens is 396 g/mol. The smallest absolute Gasteiger partial charge is 0.269 e. The Balaban J connectivity index is 1.49. The van der Waals surface area contributed by atoms with E-state index in [1.54, 1.807) is 0 Å². The summed E-state index contributed by atoms with van der Waals surface area (Å²) in [6.07, 6.45) is -1.28. The van der Waals surface area contributed by atoms with Crippen LogP contribution in [0.15, 0.2) is 72.8 Å². The van der Waals surface area contributed by atoms with Gasteiger partial charge in [-0.3, -0.25) is 14.9 Å². The maximum absolute atomic E-state index is 12.8. The first-order valence-electron chi connectivity index (χ1n) is 10.0. The zero-order valence-electron chi connectivity index (χ0n) is 16.6. The van der Waals surface area contributed by atoms with Gasteiger partial charge in [0.15, 0.2) is 0 Å². The molecule has 0 bridgehead atoms. The number of non-ortho nitro benzene ring substituents is 1. The summed E-state index contributed by atoms with van der Waals surface area (Å²) < 4.78 is 0. The molecule has 0 spiro atoms. The molecule has 3 aromatic rings. The number of aliphatic hydroxyl groups excluding tert-OH is 2. The lowest BCUT2D eigenvalue weighted by Crippen LogP contribution is -2.38. The van der Waals surface area contributed by atoms with Crippen molar-refractivity contribution in [3.63, 3.8) is 0 Å². The molecule has 0 saturated carbocycles. The zero-order valence-corrected chi connectivity index (χ0v) is 16.6. The van der Waals surface area contributed by atoms with Crippen LogP contribution in [0.1, 0.15) is 28.7 Å². The van der Waals surface area contributed by atoms with Gasteiger partial charge in [0.1, 0.15) is 0 Å². The van der Waals surface area contributed by atoms with E-state index in [0.29, 0.717) is 12.1 Å². The predicted octanol–water partition coefficient (Wildman–Crippen LogP) is 3.17. The minimum absolute atomic E-state index is 0.0211. The van der Waals surface area contributed by atoms with E-state index in [-0.39, 0.29) is 11.6 Å². The monoisotopic (exact) mass is 418 g/mol. The summed E-state index contributed by atoms with van der Waals surface area (Å²) in [7, 11) is 0. The summed E-state index contributed by atoms with van der Waals surface area (Å²) in [5.41, 5.74) is 4.75. The molecule has 2 atom stereocenters. The molecule has 0 aliphatic heterocycles. The molecule has 0 saturated heterocycles. The quantitative estimate of drug-likeness (QED) is 0.403. The van der Waals surface area contributed by atoms with Gasteiger partial charge in [0, 0.05) is 24.6 Å². The molecule has 1 aliphatic carbocycles. The Morgan fingerprint density at radius 1 is 0.968 bits per heavy atom. The highest BCUT2D eigenvalue weighted by molar-refractivity contribution is 5.81. The first-order valence-corrected chi connectivity index (χ1v) is 10.0. The number of benzene rings is 3. The number of hydrogen-bond acceptors (Lipinski definition) is 5. The van der Waals surface area contributed by atoms with Crippen molar-refractivity contribution < 1.29 is 19.9 Å². The summed E-state index contributed by atoms with van der Waals surface area (Å²) in [5, 5.41) is 34.0. The van der Waals surface area contributed by atoms with Crippen LogP contribution in [0.25, 0.3) is 11.1 Å². The summed E-state index contributed by atoms with van der Waals surface area (Å²) in [5.74, 6) is -1.59. The normalized spacial score (nSPS) is 14.4. The number of nitro benzene ring substituents is 1. The highest BCUT2D eigenvalue weighted by Gasteiger charge is 2.31. The van der Waals surface area contributed by atoms with Gasteiger partial charge in [-0.05, 0) is 39.9 Å². The Morgan fingerprint density at radius 2 is 1.52 bits per heavy atom. The van der Waals surface area contributed by atoms with E-state index in [4.69, 9.17) is 0 Å². The fraction of sp³-hybridized carbons (Fsp3) is 0.208. The lowest BCUT2D eigenvalue weighted by molar-refractivity contribution is -0.384. The number of carbonyl (C=O) groups excluding carboxylic acids is 1. The summed E-state index contributed by atoms with van der Waals surface area (Å²) in [4.78, 5) is 23.1. The fourth-order valence-corrected chi connectivity index (χ4v) is 4.17. The standard InChI is InChI=1S/C24H22N2O5/c27-14-22(23(28)15-9-11-16(12-10-15)26(30)31)24(29)25-13-21-19-7-3-1-5-17(19)18-6-2-4-8-20(18)21/h1-12,21-23,27-28H,13-14H2,(H,25,29)/t22-,23+/m1/s1. The van der Waals surface area contributed by atoms with E-state index in [1.807, 2.05) is 36.4 Å². The van der Waals surface area contributed by atoms with Gasteiger partial charge in [0.05, 0.1) is 23.6 Å². The Labute approximate surface area is 179 Å². The van der Waals surface area contributed by atoms with E-state index < -0.39 is 29.5 Å². The number of aliphatic hydroxyl groups is 2. The van der Waals surface area contributed by atoms with Crippen LogP contribution in [0.2, 0.25) is 0 Å². The maximum Gasteiger partial charge on any atom is 0.269 e. The van der Waals surface area contributed by atoms with Gasteiger partial charge in [-0.1, -0.05) is 48.5 Å². The Hall–Kier alpha value is -3.55. The van der Waals surface area contributed by atoms with Crippen LogP contribution in [0, 0.1) is 16.0 Å². The van der Waals surface area contributed by atoms with Crippen molar-refractivity contribution in [2.24, 2.45) is 5.92 Å². The van der Waals surface area contributed by atoms with Crippen molar-refractivity contribution in [3.8, 4) is 11.1 Å². The van der Waals surface area contributed by atoms with Gasteiger partial charge in [-0.15, -0.1) is 0 Å². The van der Waals surface area contributed by atoms with E-state index in [2.05, 4.69) is 17.4 Å². The van der Waals surface area contributed by atoms with Crippen molar-refractivity contribution in [3.05, 3.63) is 99.6 Å². The maximum atomic E-state index is 12.8. The molecule has 7 nitrogen and oxygen atoms in total. The first-order chi connectivity index (χ1) is 15.0. The molecule has 1 amide bonds. The highest BCUT2D eigenvalue weighted by Crippen LogP contribution is 2.44. The van der Waals surface area contributed by atoms with Crippen LogP contribution in [0.5, 0.6) is 0 Å². The lowest BCUT2D eigenvalue weighted by atomic mass is 9.94. The van der Waals surface area contributed by atoms with Crippen LogP contribution < -0.4 is 5.32 Å². The van der Waals surface area contributed by atoms with Crippen LogP contribution in [-0.2, 0) is 4.79 Å². The Bertz CT molecular complexity index is 1070.